The lowest BCUT2D eigenvalue weighted by Crippen LogP contribution is -2.24. The molecule has 5 heteroatoms. The monoisotopic (exact) mass is 335 g/mol. The second-order valence-electron chi connectivity index (χ2n) is 4.01. The van der Waals surface area contributed by atoms with E-state index in [1.165, 1.54) is 0 Å². The molecular formula is C14H14BrN3S. The number of nitrogens with zero attached hydrogens (tertiary/aromatic N) is 2. The van der Waals surface area contributed by atoms with Gasteiger partial charge in [-0.1, -0.05) is 30.4 Å². The number of hydrogen-bond acceptors (Lipinski definition) is 3. The van der Waals surface area contributed by atoms with Crippen molar-refractivity contribution < 1.29 is 0 Å². The Hall–Kier alpha value is -1.46. The molecule has 0 aliphatic carbocycles. The Morgan fingerprint density at radius 2 is 1.95 bits per heavy atom. The molecule has 0 saturated carbocycles. The van der Waals surface area contributed by atoms with Crippen molar-refractivity contribution in [3.05, 3.63) is 53.1 Å². The number of hydrogen-bond donors (Lipinski definition) is 1. The Balaban J connectivity index is 2.35. The lowest BCUT2D eigenvalue weighted by molar-refractivity contribution is 0.940. The number of thiocarbonyl (C=S) groups is 1. The van der Waals surface area contributed by atoms with Gasteiger partial charge in [-0.25, -0.2) is 4.98 Å². The molecule has 0 saturated heterocycles. The molecule has 1 heterocycles. The highest BCUT2D eigenvalue weighted by molar-refractivity contribution is 9.10. The predicted octanol–water partition coefficient (Wildman–Crippen LogP) is 3.66. The Labute approximate surface area is 126 Å². The third kappa shape index (κ3) is 3.75. The standard InChI is InChI=1S/C14H14BrN3S/c15-12-7-4-9-17-14(12)18(10-8-13(16)19)11-5-2-1-3-6-11/h1-7,9H,8,10H2,(H2,16,19). The molecule has 0 bridgehead atoms. The summed E-state index contributed by atoms with van der Waals surface area (Å²) in [6, 6.07) is 13.9. The number of anilines is 2. The first-order valence-electron chi connectivity index (χ1n) is 5.90. The number of nitrogens with two attached hydrogens (primary N) is 1. The highest BCUT2D eigenvalue weighted by atomic mass is 79.9. The summed E-state index contributed by atoms with van der Waals surface area (Å²) in [5, 5.41) is 0. The number of halogens is 1. The minimum Gasteiger partial charge on any atom is -0.393 e. The van der Waals surface area contributed by atoms with Crippen LogP contribution in [0.25, 0.3) is 0 Å². The van der Waals surface area contributed by atoms with Crippen LogP contribution in [0.15, 0.2) is 53.1 Å². The van der Waals surface area contributed by atoms with E-state index in [9.17, 15) is 0 Å². The minimum absolute atomic E-state index is 0.507. The average molecular weight is 336 g/mol. The molecule has 2 N–H and O–H groups in total. The summed E-state index contributed by atoms with van der Waals surface area (Å²) < 4.78 is 0.946. The first-order valence-corrected chi connectivity index (χ1v) is 7.10. The predicted molar refractivity (Wildman–Crippen MR) is 86.8 cm³/mol. The molecule has 0 fully saturated rings. The number of para-hydroxylation sites is 1. The topological polar surface area (TPSA) is 42.1 Å². The Morgan fingerprint density at radius 1 is 1.21 bits per heavy atom. The van der Waals surface area contributed by atoms with Gasteiger partial charge in [0.25, 0.3) is 0 Å². The van der Waals surface area contributed by atoms with Crippen LogP contribution in [0, 0.1) is 0 Å². The van der Waals surface area contributed by atoms with Crippen molar-refractivity contribution in [2.75, 3.05) is 11.4 Å². The van der Waals surface area contributed by atoms with E-state index in [-0.39, 0.29) is 0 Å². The molecule has 0 atom stereocenters. The lowest BCUT2D eigenvalue weighted by atomic mass is 10.2. The van der Waals surface area contributed by atoms with Gasteiger partial charge >= 0.3 is 0 Å². The molecule has 0 spiro atoms. The molecule has 19 heavy (non-hydrogen) atoms. The van der Waals surface area contributed by atoms with Crippen LogP contribution in [0.3, 0.4) is 0 Å². The van der Waals surface area contributed by atoms with Gasteiger partial charge in [0.05, 0.1) is 9.46 Å². The maximum atomic E-state index is 5.61. The van der Waals surface area contributed by atoms with E-state index >= 15 is 0 Å². The van der Waals surface area contributed by atoms with E-state index < -0.39 is 0 Å². The molecule has 0 aliphatic heterocycles. The number of aromatic nitrogens is 1. The van der Waals surface area contributed by atoms with Crippen LogP contribution < -0.4 is 10.6 Å². The SMILES string of the molecule is NC(=S)CCN(c1ccccc1)c1ncccc1Br. The fourth-order valence-corrected chi connectivity index (χ4v) is 2.32. The van der Waals surface area contributed by atoms with Gasteiger partial charge in [0.2, 0.25) is 0 Å². The molecule has 0 unspecified atom stereocenters. The van der Waals surface area contributed by atoms with Crippen LogP contribution in [0.1, 0.15) is 6.42 Å². The van der Waals surface area contributed by atoms with Gasteiger partial charge in [0.1, 0.15) is 5.82 Å². The highest BCUT2D eigenvalue weighted by Gasteiger charge is 2.13. The summed E-state index contributed by atoms with van der Waals surface area (Å²) in [5.74, 6) is 0.866. The van der Waals surface area contributed by atoms with Gasteiger partial charge < -0.3 is 10.6 Å². The molecule has 1 aromatic carbocycles. The minimum atomic E-state index is 0.507. The summed E-state index contributed by atoms with van der Waals surface area (Å²) in [7, 11) is 0. The zero-order valence-electron chi connectivity index (χ0n) is 10.3. The summed E-state index contributed by atoms with van der Waals surface area (Å²) in [6.45, 7) is 0.703. The van der Waals surface area contributed by atoms with Crippen LogP contribution >= 0.6 is 28.1 Å². The van der Waals surface area contributed by atoms with Crippen molar-refractivity contribution in [3.63, 3.8) is 0 Å². The molecule has 2 rings (SSSR count). The highest BCUT2D eigenvalue weighted by Crippen LogP contribution is 2.29. The number of rotatable bonds is 5. The summed E-state index contributed by atoms with van der Waals surface area (Å²) >= 11 is 8.50. The van der Waals surface area contributed by atoms with E-state index in [1.54, 1.807) is 6.20 Å². The fourth-order valence-electron chi connectivity index (χ4n) is 1.76. The largest absolute Gasteiger partial charge is 0.393 e. The first-order chi connectivity index (χ1) is 9.18. The van der Waals surface area contributed by atoms with Crippen molar-refractivity contribution in [2.45, 2.75) is 6.42 Å². The Bertz CT molecular complexity index is 560. The molecule has 98 valence electrons. The van der Waals surface area contributed by atoms with E-state index in [0.29, 0.717) is 18.0 Å². The van der Waals surface area contributed by atoms with Crippen molar-refractivity contribution in [2.24, 2.45) is 5.73 Å². The van der Waals surface area contributed by atoms with Crippen molar-refractivity contribution in [1.29, 1.82) is 0 Å². The van der Waals surface area contributed by atoms with Crippen LogP contribution in [0.4, 0.5) is 11.5 Å². The second kappa shape index (κ2) is 6.63. The van der Waals surface area contributed by atoms with Gasteiger partial charge in [-0.05, 0) is 40.2 Å². The van der Waals surface area contributed by atoms with Gasteiger partial charge in [0.15, 0.2) is 0 Å². The van der Waals surface area contributed by atoms with E-state index in [4.69, 9.17) is 18.0 Å². The third-order valence-corrected chi connectivity index (χ3v) is 3.47. The molecule has 0 amide bonds. The normalized spacial score (nSPS) is 10.2. The van der Waals surface area contributed by atoms with Crippen LogP contribution in [0.2, 0.25) is 0 Å². The second-order valence-corrected chi connectivity index (χ2v) is 5.39. The number of pyridine rings is 1. The van der Waals surface area contributed by atoms with Gasteiger partial charge in [-0.15, -0.1) is 0 Å². The van der Waals surface area contributed by atoms with E-state index in [2.05, 4.69) is 25.8 Å². The quantitative estimate of drug-likeness (QED) is 0.846. The van der Waals surface area contributed by atoms with Crippen molar-refractivity contribution in [1.82, 2.24) is 4.98 Å². The maximum Gasteiger partial charge on any atom is 0.147 e. The van der Waals surface area contributed by atoms with Crippen molar-refractivity contribution in [3.8, 4) is 0 Å². The number of benzene rings is 1. The first kappa shape index (κ1) is 14.0. The third-order valence-electron chi connectivity index (χ3n) is 2.64. The summed E-state index contributed by atoms with van der Waals surface area (Å²) in [4.78, 5) is 7.04. The van der Waals surface area contributed by atoms with Crippen LogP contribution in [0.5, 0.6) is 0 Å². The van der Waals surface area contributed by atoms with Gasteiger partial charge in [-0.2, -0.15) is 0 Å². The molecule has 3 nitrogen and oxygen atoms in total. The van der Waals surface area contributed by atoms with E-state index in [1.807, 2.05) is 42.5 Å². The lowest BCUT2D eigenvalue weighted by Gasteiger charge is -2.24. The van der Waals surface area contributed by atoms with Gasteiger partial charge in [0, 0.05) is 24.8 Å². The Kier molecular flexibility index (Phi) is 4.87. The fraction of sp³-hybridized carbons (Fsp3) is 0.143. The zero-order chi connectivity index (χ0) is 13.7. The van der Waals surface area contributed by atoms with Gasteiger partial charge in [-0.3, -0.25) is 0 Å². The average Bonchev–Trinajstić information content (AvgIpc) is 2.42. The van der Waals surface area contributed by atoms with E-state index in [0.717, 1.165) is 16.0 Å². The molecular weight excluding hydrogens is 322 g/mol. The molecule has 0 radical (unpaired) electrons. The van der Waals surface area contributed by atoms with Crippen LogP contribution in [-0.2, 0) is 0 Å². The molecule has 0 aliphatic rings. The maximum absolute atomic E-state index is 5.61. The Morgan fingerprint density at radius 3 is 2.58 bits per heavy atom. The zero-order valence-corrected chi connectivity index (χ0v) is 12.7. The molecule has 2 aromatic rings. The smallest absolute Gasteiger partial charge is 0.147 e. The summed E-state index contributed by atoms with van der Waals surface area (Å²) in [5.41, 5.74) is 6.68. The van der Waals surface area contributed by atoms with Crippen LogP contribution in [-0.4, -0.2) is 16.5 Å². The van der Waals surface area contributed by atoms with Crippen molar-refractivity contribution >= 4 is 44.6 Å². The molecule has 1 aromatic heterocycles. The summed E-state index contributed by atoms with van der Waals surface area (Å²) in [6.07, 6.45) is 2.42.